The first-order chi connectivity index (χ1) is 14.9. The summed E-state index contributed by atoms with van der Waals surface area (Å²) in [7, 11) is 0. The van der Waals surface area contributed by atoms with Gasteiger partial charge in [0.1, 0.15) is 0 Å². The average molecular weight is 433 g/mol. The van der Waals surface area contributed by atoms with Gasteiger partial charge >= 0.3 is 5.97 Å². The molecule has 6 heteroatoms. The van der Waals surface area contributed by atoms with Crippen LogP contribution in [0.4, 0.5) is 0 Å². The van der Waals surface area contributed by atoms with E-state index in [-0.39, 0.29) is 28.5 Å². The van der Waals surface area contributed by atoms with Gasteiger partial charge in [0.25, 0.3) is 11.8 Å². The van der Waals surface area contributed by atoms with Crippen LogP contribution in [0, 0.1) is 11.8 Å². The number of benzene rings is 1. The number of nitrogens with one attached hydrogen (secondary N) is 2. The highest BCUT2D eigenvalue weighted by Crippen LogP contribution is 2.15. The van der Waals surface area contributed by atoms with E-state index in [0.717, 1.165) is 51.4 Å². The van der Waals surface area contributed by atoms with Crippen molar-refractivity contribution in [3.05, 3.63) is 34.9 Å². The lowest BCUT2D eigenvalue weighted by atomic mass is 9.98. The minimum Gasteiger partial charge on any atom is -0.478 e. The van der Waals surface area contributed by atoms with Crippen molar-refractivity contribution in [2.45, 2.75) is 79.1 Å². The standard InChI is InChI=1S/C25H40N2O4/c1-5-9-11-18(7-3)16-26-23(28)20-13-21(15-22(14-20)25(30)31)24(29)27-17-19(8-4)12-10-6-2/h13-15,18-19H,5-12,16-17H2,1-4H3,(H,26,28)(H,27,29)(H,30,31). The van der Waals surface area contributed by atoms with Crippen molar-refractivity contribution in [2.75, 3.05) is 13.1 Å². The van der Waals surface area contributed by atoms with Gasteiger partial charge in [-0.2, -0.15) is 0 Å². The minimum absolute atomic E-state index is 0.0613. The molecule has 2 amide bonds. The molecule has 0 spiro atoms. The number of rotatable bonds is 15. The van der Waals surface area contributed by atoms with Gasteiger partial charge in [0, 0.05) is 24.2 Å². The summed E-state index contributed by atoms with van der Waals surface area (Å²) in [6, 6.07) is 4.15. The highest BCUT2D eigenvalue weighted by atomic mass is 16.4. The molecule has 0 fully saturated rings. The van der Waals surface area contributed by atoms with Crippen molar-refractivity contribution < 1.29 is 19.5 Å². The quantitative estimate of drug-likeness (QED) is 0.351. The number of unbranched alkanes of at least 4 members (excludes halogenated alkanes) is 2. The van der Waals surface area contributed by atoms with E-state index in [1.165, 1.54) is 18.2 Å². The van der Waals surface area contributed by atoms with Crippen molar-refractivity contribution in [3.63, 3.8) is 0 Å². The predicted octanol–water partition coefficient (Wildman–Crippen LogP) is 5.28. The first-order valence-corrected chi connectivity index (χ1v) is 11.8. The van der Waals surface area contributed by atoms with E-state index in [9.17, 15) is 19.5 Å². The molecule has 1 aromatic rings. The summed E-state index contributed by atoms with van der Waals surface area (Å²) in [6.07, 6.45) is 8.50. The third-order valence-electron chi connectivity index (χ3n) is 5.89. The molecule has 6 nitrogen and oxygen atoms in total. The van der Waals surface area contributed by atoms with Crippen LogP contribution in [0.2, 0.25) is 0 Å². The second kappa shape index (κ2) is 14.6. The summed E-state index contributed by atoms with van der Waals surface area (Å²) in [4.78, 5) is 36.9. The topological polar surface area (TPSA) is 95.5 Å². The van der Waals surface area contributed by atoms with Gasteiger partial charge in [-0.1, -0.05) is 66.2 Å². The first kappa shape index (κ1) is 26.7. The van der Waals surface area contributed by atoms with Crippen molar-refractivity contribution in [1.82, 2.24) is 10.6 Å². The van der Waals surface area contributed by atoms with Crippen LogP contribution in [-0.2, 0) is 0 Å². The molecule has 0 saturated carbocycles. The van der Waals surface area contributed by atoms with Gasteiger partial charge in [-0.15, -0.1) is 0 Å². The number of carbonyl (C=O) groups is 3. The van der Waals surface area contributed by atoms with Crippen molar-refractivity contribution in [1.29, 1.82) is 0 Å². The number of carboxylic acids is 1. The summed E-state index contributed by atoms with van der Waals surface area (Å²) in [6.45, 7) is 9.57. The largest absolute Gasteiger partial charge is 0.478 e. The Morgan fingerprint density at radius 1 is 0.742 bits per heavy atom. The molecular weight excluding hydrogens is 392 g/mol. The van der Waals surface area contributed by atoms with Gasteiger partial charge in [-0.3, -0.25) is 9.59 Å². The highest BCUT2D eigenvalue weighted by Gasteiger charge is 2.17. The van der Waals surface area contributed by atoms with E-state index in [0.29, 0.717) is 24.9 Å². The third-order valence-corrected chi connectivity index (χ3v) is 5.89. The van der Waals surface area contributed by atoms with E-state index in [1.54, 1.807) is 0 Å². The Morgan fingerprint density at radius 3 is 1.45 bits per heavy atom. The van der Waals surface area contributed by atoms with Crippen LogP contribution in [0.1, 0.15) is 110 Å². The Morgan fingerprint density at radius 2 is 1.13 bits per heavy atom. The molecule has 2 atom stereocenters. The fraction of sp³-hybridized carbons (Fsp3) is 0.640. The molecule has 0 aromatic heterocycles. The molecule has 1 aromatic carbocycles. The molecule has 0 heterocycles. The molecule has 0 bridgehead atoms. The molecule has 0 saturated heterocycles. The average Bonchev–Trinajstić information content (AvgIpc) is 2.78. The maximum Gasteiger partial charge on any atom is 0.335 e. The summed E-state index contributed by atoms with van der Waals surface area (Å²) in [5.41, 5.74) is 0.343. The summed E-state index contributed by atoms with van der Waals surface area (Å²) in [5.74, 6) is -1.07. The maximum absolute atomic E-state index is 12.7. The number of hydrogen-bond donors (Lipinski definition) is 3. The first-order valence-electron chi connectivity index (χ1n) is 11.8. The zero-order chi connectivity index (χ0) is 23.2. The van der Waals surface area contributed by atoms with Gasteiger partial charge in [0.05, 0.1) is 5.56 Å². The number of aromatic carboxylic acids is 1. The van der Waals surface area contributed by atoms with Gasteiger partial charge in [0.2, 0.25) is 0 Å². The van der Waals surface area contributed by atoms with Crippen LogP contribution in [0.25, 0.3) is 0 Å². The Hall–Kier alpha value is -2.37. The van der Waals surface area contributed by atoms with E-state index in [2.05, 4.69) is 38.3 Å². The van der Waals surface area contributed by atoms with Crippen LogP contribution in [-0.4, -0.2) is 36.0 Å². The van der Waals surface area contributed by atoms with E-state index in [1.807, 2.05) is 0 Å². The number of carbonyl (C=O) groups excluding carboxylic acids is 2. The molecule has 31 heavy (non-hydrogen) atoms. The summed E-state index contributed by atoms with van der Waals surface area (Å²) in [5, 5.41) is 15.3. The normalized spacial score (nSPS) is 12.8. The van der Waals surface area contributed by atoms with Crippen LogP contribution < -0.4 is 10.6 Å². The van der Waals surface area contributed by atoms with Gasteiger partial charge in [-0.05, 0) is 42.9 Å². The predicted molar refractivity (Wildman–Crippen MR) is 125 cm³/mol. The van der Waals surface area contributed by atoms with E-state index >= 15 is 0 Å². The Bertz CT molecular complexity index is 667. The van der Waals surface area contributed by atoms with Crippen LogP contribution in [0.5, 0.6) is 0 Å². The Labute approximate surface area is 187 Å². The molecule has 0 aliphatic rings. The number of carboxylic acid groups (broad SMARTS) is 1. The second-order valence-corrected chi connectivity index (χ2v) is 8.36. The van der Waals surface area contributed by atoms with Crippen molar-refractivity contribution >= 4 is 17.8 Å². The molecule has 0 aliphatic carbocycles. The van der Waals surface area contributed by atoms with Crippen molar-refractivity contribution in [2.24, 2.45) is 11.8 Å². The third kappa shape index (κ3) is 9.53. The fourth-order valence-corrected chi connectivity index (χ4v) is 3.58. The molecule has 1 rings (SSSR count). The molecule has 2 unspecified atom stereocenters. The minimum atomic E-state index is -1.16. The second-order valence-electron chi connectivity index (χ2n) is 8.36. The Balaban J connectivity index is 2.89. The Kier molecular flexibility index (Phi) is 12.6. The zero-order valence-corrected chi connectivity index (χ0v) is 19.6. The SMILES string of the molecule is CCCCC(CC)CNC(=O)c1cc(C(=O)O)cc(C(=O)NCC(CC)CCCC)c1. The van der Waals surface area contributed by atoms with Crippen LogP contribution >= 0.6 is 0 Å². The van der Waals surface area contributed by atoms with Gasteiger partial charge in [-0.25, -0.2) is 4.79 Å². The zero-order valence-electron chi connectivity index (χ0n) is 19.6. The molecular formula is C25H40N2O4. The molecule has 174 valence electrons. The molecule has 0 radical (unpaired) electrons. The lowest BCUT2D eigenvalue weighted by molar-refractivity contribution is 0.0697. The monoisotopic (exact) mass is 432 g/mol. The summed E-state index contributed by atoms with van der Waals surface area (Å²) >= 11 is 0. The van der Waals surface area contributed by atoms with Crippen LogP contribution in [0.15, 0.2) is 18.2 Å². The number of amides is 2. The fourth-order valence-electron chi connectivity index (χ4n) is 3.58. The lowest BCUT2D eigenvalue weighted by Crippen LogP contribution is -2.31. The van der Waals surface area contributed by atoms with E-state index < -0.39 is 5.97 Å². The van der Waals surface area contributed by atoms with Gasteiger partial charge < -0.3 is 15.7 Å². The maximum atomic E-state index is 12.7. The van der Waals surface area contributed by atoms with E-state index in [4.69, 9.17) is 0 Å². The van der Waals surface area contributed by atoms with Crippen molar-refractivity contribution in [3.8, 4) is 0 Å². The number of hydrogen-bond acceptors (Lipinski definition) is 3. The van der Waals surface area contributed by atoms with Gasteiger partial charge in [0.15, 0.2) is 0 Å². The molecule has 0 aliphatic heterocycles. The summed E-state index contributed by atoms with van der Waals surface area (Å²) < 4.78 is 0. The van der Waals surface area contributed by atoms with Crippen LogP contribution in [0.3, 0.4) is 0 Å². The highest BCUT2D eigenvalue weighted by molar-refractivity contribution is 6.03. The molecule has 3 N–H and O–H groups in total. The smallest absolute Gasteiger partial charge is 0.335 e. The lowest BCUT2D eigenvalue weighted by Gasteiger charge is -2.17.